The van der Waals surface area contributed by atoms with E-state index in [-0.39, 0.29) is 30.1 Å². The molecule has 2 amide bonds. The van der Waals surface area contributed by atoms with E-state index in [0.717, 1.165) is 0 Å². The number of hydrogen-bond acceptors (Lipinski definition) is 5. The van der Waals surface area contributed by atoms with E-state index in [1.807, 2.05) is 6.92 Å². The minimum Gasteiger partial charge on any atom is -0.452 e. The molecule has 1 atom stereocenters. The molecule has 1 aromatic rings. The third-order valence-electron chi connectivity index (χ3n) is 3.96. The maximum atomic E-state index is 12.2. The van der Waals surface area contributed by atoms with E-state index >= 15 is 0 Å². The first-order valence-corrected chi connectivity index (χ1v) is 8.65. The van der Waals surface area contributed by atoms with Crippen LogP contribution < -0.4 is 5.32 Å². The quantitative estimate of drug-likeness (QED) is 0.829. The molecule has 1 aliphatic rings. The summed E-state index contributed by atoms with van der Waals surface area (Å²) in [6.45, 7) is 8.46. The molecule has 0 radical (unpaired) electrons. The van der Waals surface area contributed by atoms with Crippen LogP contribution in [0.1, 0.15) is 38.1 Å². The number of esters is 1. The summed E-state index contributed by atoms with van der Waals surface area (Å²) in [5, 5.41) is 2.76. The van der Waals surface area contributed by atoms with Gasteiger partial charge >= 0.3 is 5.97 Å². The van der Waals surface area contributed by atoms with E-state index < -0.39 is 11.4 Å². The number of ether oxygens (including phenoxy) is 2. The van der Waals surface area contributed by atoms with Gasteiger partial charge < -0.3 is 19.7 Å². The standard InChI is InChI=1S/C19H26N2O5/c1-13-11-21(8-9-25-13)16(22)12-26-17(23)14-6-5-7-15(10-14)20-18(24)19(2,3)4/h5-7,10,13H,8-9,11-12H2,1-4H3,(H,20,24). The number of nitrogens with zero attached hydrogens (tertiary/aromatic N) is 1. The number of anilines is 1. The van der Waals surface area contributed by atoms with Crippen LogP contribution in [0.5, 0.6) is 0 Å². The maximum absolute atomic E-state index is 12.2. The van der Waals surface area contributed by atoms with Gasteiger partial charge in [-0.2, -0.15) is 0 Å². The summed E-state index contributed by atoms with van der Waals surface area (Å²) in [4.78, 5) is 38.0. The van der Waals surface area contributed by atoms with Gasteiger partial charge in [-0.15, -0.1) is 0 Å². The van der Waals surface area contributed by atoms with Crippen LogP contribution >= 0.6 is 0 Å². The van der Waals surface area contributed by atoms with Gasteiger partial charge in [-0.1, -0.05) is 26.8 Å². The van der Waals surface area contributed by atoms with Crippen molar-refractivity contribution >= 4 is 23.5 Å². The fourth-order valence-electron chi connectivity index (χ4n) is 2.39. The topological polar surface area (TPSA) is 84.9 Å². The molecule has 0 saturated carbocycles. The second kappa shape index (κ2) is 8.31. The molecule has 0 aromatic heterocycles. The number of nitrogens with one attached hydrogen (secondary N) is 1. The molecular weight excluding hydrogens is 336 g/mol. The first kappa shape index (κ1) is 19.9. The molecular formula is C19H26N2O5. The van der Waals surface area contributed by atoms with Crippen LogP contribution in [0.25, 0.3) is 0 Å². The lowest BCUT2D eigenvalue weighted by atomic mass is 9.95. The largest absolute Gasteiger partial charge is 0.452 e. The van der Waals surface area contributed by atoms with Crippen molar-refractivity contribution in [3.8, 4) is 0 Å². The average Bonchev–Trinajstić information content (AvgIpc) is 2.58. The van der Waals surface area contributed by atoms with E-state index in [2.05, 4.69) is 5.32 Å². The SMILES string of the molecule is CC1CN(C(=O)COC(=O)c2cccc(NC(=O)C(C)(C)C)c2)CCO1. The lowest BCUT2D eigenvalue weighted by molar-refractivity contribution is -0.141. The summed E-state index contributed by atoms with van der Waals surface area (Å²) in [6.07, 6.45) is -0.0217. The Morgan fingerprint density at radius 3 is 2.69 bits per heavy atom. The molecule has 1 aliphatic heterocycles. The van der Waals surface area contributed by atoms with Crippen molar-refractivity contribution in [3.63, 3.8) is 0 Å². The Kier molecular flexibility index (Phi) is 6.37. The normalized spacial score (nSPS) is 17.5. The van der Waals surface area contributed by atoms with Crippen LogP contribution in [0.3, 0.4) is 0 Å². The molecule has 142 valence electrons. The zero-order chi connectivity index (χ0) is 19.3. The minimum absolute atomic E-state index is 0.0217. The molecule has 7 heteroatoms. The first-order chi connectivity index (χ1) is 12.2. The molecule has 1 N–H and O–H groups in total. The molecule has 1 unspecified atom stereocenters. The predicted molar refractivity (Wildman–Crippen MR) is 96.8 cm³/mol. The highest BCUT2D eigenvalue weighted by molar-refractivity contribution is 5.97. The molecule has 0 aliphatic carbocycles. The van der Waals surface area contributed by atoms with Gasteiger partial charge in [0.15, 0.2) is 6.61 Å². The Morgan fingerprint density at radius 1 is 1.31 bits per heavy atom. The Labute approximate surface area is 153 Å². The van der Waals surface area contributed by atoms with Crippen molar-refractivity contribution in [2.75, 3.05) is 31.6 Å². The second-order valence-electron chi connectivity index (χ2n) is 7.38. The lowest BCUT2D eigenvalue weighted by Gasteiger charge is -2.30. The van der Waals surface area contributed by atoms with E-state index in [9.17, 15) is 14.4 Å². The van der Waals surface area contributed by atoms with Gasteiger partial charge in [0.05, 0.1) is 18.3 Å². The highest BCUT2D eigenvalue weighted by atomic mass is 16.5. The van der Waals surface area contributed by atoms with Crippen molar-refractivity contribution in [2.45, 2.75) is 33.8 Å². The molecule has 0 bridgehead atoms. The smallest absolute Gasteiger partial charge is 0.338 e. The number of morpholine rings is 1. The minimum atomic E-state index is -0.605. The van der Waals surface area contributed by atoms with Crippen LogP contribution in [-0.2, 0) is 19.1 Å². The number of carbonyl (C=O) groups is 3. The molecule has 26 heavy (non-hydrogen) atoms. The zero-order valence-corrected chi connectivity index (χ0v) is 15.7. The lowest BCUT2D eigenvalue weighted by Crippen LogP contribution is -2.46. The molecule has 7 nitrogen and oxygen atoms in total. The molecule has 1 saturated heterocycles. The van der Waals surface area contributed by atoms with Gasteiger partial charge in [0.25, 0.3) is 5.91 Å². The fraction of sp³-hybridized carbons (Fsp3) is 0.526. The van der Waals surface area contributed by atoms with Crippen LogP contribution in [-0.4, -0.2) is 55.1 Å². The van der Waals surface area contributed by atoms with E-state index in [1.54, 1.807) is 43.9 Å². The van der Waals surface area contributed by atoms with Crippen LogP contribution in [0.2, 0.25) is 0 Å². The van der Waals surface area contributed by atoms with Gasteiger partial charge in [0, 0.05) is 24.2 Å². The predicted octanol–water partition coefficient (Wildman–Crippen LogP) is 2.08. The number of rotatable bonds is 4. The second-order valence-corrected chi connectivity index (χ2v) is 7.38. The summed E-state index contributed by atoms with van der Waals surface area (Å²) < 4.78 is 10.5. The van der Waals surface area contributed by atoms with Gasteiger partial charge in [-0.05, 0) is 25.1 Å². The summed E-state index contributed by atoms with van der Waals surface area (Å²) in [5.41, 5.74) is 0.241. The Morgan fingerprint density at radius 2 is 2.04 bits per heavy atom. The van der Waals surface area contributed by atoms with Crippen LogP contribution in [0, 0.1) is 5.41 Å². The third kappa shape index (κ3) is 5.56. The van der Waals surface area contributed by atoms with Gasteiger partial charge in [-0.3, -0.25) is 9.59 Å². The average molecular weight is 362 g/mol. The molecule has 1 aromatic carbocycles. The highest BCUT2D eigenvalue weighted by Crippen LogP contribution is 2.18. The zero-order valence-electron chi connectivity index (χ0n) is 15.7. The maximum Gasteiger partial charge on any atom is 0.338 e. The summed E-state index contributed by atoms with van der Waals surface area (Å²) in [6, 6.07) is 6.46. The van der Waals surface area contributed by atoms with Crippen LogP contribution in [0.4, 0.5) is 5.69 Å². The Hall–Kier alpha value is -2.41. The van der Waals surface area contributed by atoms with Crippen molar-refractivity contribution in [1.82, 2.24) is 4.90 Å². The summed E-state index contributed by atoms with van der Waals surface area (Å²) in [7, 11) is 0. The van der Waals surface area contributed by atoms with E-state index in [1.165, 1.54) is 6.07 Å². The third-order valence-corrected chi connectivity index (χ3v) is 3.96. The van der Waals surface area contributed by atoms with Crippen molar-refractivity contribution in [2.24, 2.45) is 5.41 Å². The summed E-state index contributed by atoms with van der Waals surface area (Å²) >= 11 is 0. The number of hydrogen-bond donors (Lipinski definition) is 1. The van der Waals surface area contributed by atoms with E-state index in [4.69, 9.17) is 9.47 Å². The Balaban J connectivity index is 1.92. The number of carbonyl (C=O) groups excluding carboxylic acids is 3. The summed E-state index contributed by atoms with van der Waals surface area (Å²) in [5.74, 6) is -1.00. The Bertz CT molecular complexity index is 681. The van der Waals surface area contributed by atoms with E-state index in [0.29, 0.717) is 25.4 Å². The number of benzene rings is 1. The van der Waals surface area contributed by atoms with Crippen LogP contribution in [0.15, 0.2) is 24.3 Å². The van der Waals surface area contributed by atoms with Crippen molar-refractivity contribution < 1.29 is 23.9 Å². The fourth-order valence-corrected chi connectivity index (χ4v) is 2.39. The molecule has 1 heterocycles. The monoisotopic (exact) mass is 362 g/mol. The van der Waals surface area contributed by atoms with Gasteiger partial charge in [0.1, 0.15) is 0 Å². The first-order valence-electron chi connectivity index (χ1n) is 8.65. The molecule has 2 rings (SSSR count). The van der Waals surface area contributed by atoms with Gasteiger partial charge in [0.2, 0.25) is 5.91 Å². The highest BCUT2D eigenvalue weighted by Gasteiger charge is 2.23. The van der Waals surface area contributed by atoms with Crippen molar-refractivity contribution in [3.05, 3.63) is 29.8 Å². The van der Waals surface area contributed by atoms with Gasteiger partial charge in [-0.25, -0.2) is 4.79 Å². The van der Waals surface area contributed by atoms with Crippen molar-refractivity contribution in [1.29, 1.82) is 0 Å². The molecule has 0 spiro atoms. The molecule has 1 fully saturated rings. The number of amides is 2.